The van der Waals surface area contributed by atoms with Crippen LogP contribution in [0.2, 0.25) is 0 Å². The number of hydrogen-bond donors (Lipinski definition) is 1. The maximum absolute atomic E-state index is 12.7. The van der Waals surface area contributed by atoms with Crippen molar-refractivity contribution in [1.82, 2.24) is 4.31 Å². The average Bonchev–Trinajstić information content (AvgIpc) is 3.20. The van der Waals surface area contributed by atoms with Crippen molar-refractivity contribution in [2.45, 2.75) is 58.0 Å². The van der Waals surface area contributed by atoms with Crippen molar-refractivity contribution in [3.8, 4) is 0 Å². The van der Waals surface area contributed by atoms with E-state index in [4.69, 9.17) is 4.74 Å². The molecule has 138 valence electrons. The second-order valence-corrected chi connectivity index (χ2v) is 9.98. The summed E-state index contributed by atoms with van der Waals surface area (Å²) < 4.78 is 32.7. The van der Waals surface area contributed by atoms with Gasteiger partial charge in [-0.3, -0.25) is 4.79 Å². The van der Waals surface area contributed by atoms with Crippen molar-refractivity contribution < 1.29 is 23.1 Å². The van der Waals surface area contributed by atoms with Gasteiger partial charge in [0.05, 0.1) is 23.9 Å². The first-order chi connectivity index (χ1) is 11.3. The van der Waals surface area contributed by atoms with Gasteiger partial charge in [0.25, 0.3) is 0 Å². The van der Waals surface area contributed by atoms with Crippen LogP contribution in [-0.4, -0.2) is 55.4 Å². The minimum Gasteiger partial charge on any atom is -0.481 e. The second kappa shape index (κ2) is 6.92. The van der Waals surface area contributed by atoms with Gasteiger partial charge in [-0.1, -0.05) is 26.2 Å². The van der Waals surface area contributed by atoms with Crippen LogP contribution < -0.4 is 0 Å². The van der Waals surface area contributed by atoms with Gasteiger partial charge in [-0.25, -0.2) is 12.7 Å². The highest BCUT2D eigenvalue weighted by Crippen LogP contribution is 2.49. The number of fused-ring (bicyclic) bond motifs is 1. The fourth-order valence-corrected chi connectivity index (χ4v) is 6.53. The van der Waals surface area contributed by atoms with Crippen molar-refractivity contribution in [1.29, 1.82) is 0 Å². The molecule has 3 aliphatic rings. The zero-order valence-corrected chi connectivity index (χ0v) is 15.3. The number of hydrogen-bond acceptors (Lipinski definition) is 4. The molecular weight excluding hydrogens is 330 g/mol. The van der Waals surface area contributed by atoms with Gasteiger partial charge in [-0.05, 0) is 37.5 Å². The van der Waals surface area contributed by atoms with Crippen LogP contribution in [0, 0.1) is 17.3 Å². The van der Waals surface area contributed by atoms with Gasteiger partial charge in [0.15, 0.2) is 0 Å². The highest BCUT2D eigenvalue weighted by Gasteiger charge is 2.57. The molecule has 2 aliphatic carbocycles. The Balaban J connectivity index is 1.56. The van der Waals surface area contributed by atoms with Gasteiger partial charge in [0.1, 0.15) is 0 Å². The van der Waals surface area contributed by atoms with Gasteiger partial charge in [-0.15, -0.1) is 0 Å². The third kappa shape index (κ3) is 3.48. The molecule has 3 rings (SSSR count). The van der Waals surface area contributed by atoms with E-state index in [9.17, 15) is 18.3 Å². The van der Waals surface area contributed by atoms with E-state index in [1.165, 1.54) is 17.1 Å². The van der Waals surface area contributed by atoms with Crippen LogP contribution in [0.25, 0.3) is 0 Å². The van der Waals surface area contributed by atoms with Crippen LogP contribution >= 0.6 is 0 Å². The predicted molar refractivity (Wildman–Crippen MR) is 90.1 cm³/mol. The summed E-state index contributed by atoms with van der Waals surface area (Å²) in [4.78, 5) is 11.7. The fourth-order valence-electron chi connectivity index (χ4n) is 4.67. The Hall–Kier alpha value is -0.660. The molecule has 3 fully saturated rings. The molecule has 1 N–H and O–H groups in total. The number of ether oxygens (including phenoxy) is 1. The normalized spacial score (nSPS) is 33.0. The van der Waals surface area contributed by atoms with E-state index in [2.05, 4.69) is 0 Å². The Labute approximate surface area is 144 Å². The molecule has 0 amide bonds. The molecule has 24 heavy (non-hydrogen) atoms. The molecule has 0 aromatic carbocycles. The van der Waals surface area contributed by atoms with Crippen LogP contribution in [-0.2, 0) is 19.6 Å². The number of sulfonamides is 1. The van der Waals surface area contributed by atoms with Crippen LogP contribution in [0.5, 0.6) is 0 Å². The fraction of sp³-hybridized carbons (Fsp3) is 0.941. The number of carboxylic acid groups (broad SMARTS) is 1. The maximum Gasteiger partial charge on any atom is 0.311 e. The minimum atomic E-state index is -3.43. The van der Waals surface area contributed by atoms with Crippen LogP contribution in [0.1, 0.15) is 51.9 Å². The van der Waals surface area contributed by atoms with Crippen molar-refractivity contribution >= 4 is 16.0 Å². The van der Waals surface area contributed by atoms with E-state index in [-0.39, 0.29) is 30.2 Å². The lowest BCUT2D eigenvalue weighted by Gasteiger charge is -2.24. The number of rotatable bonds is 7. The first kappa shape index (κ1) is 18.1. The molecule has 1 unspecified atom stereocenters. The lowest BCUT2D eigenvalue weighted by atomic mass is 9.81. The number of aliphatic carboxylic acids is 1. The van der Waals surface area contributed by atoms with Gasteiger partial charge in [-0.2, -0.15) is 0 Å². The molecule has 1 heterocycles. The maximum atomic E-state index is 12.7. The Bertz CT molecular complexity index is 572. The molecule has 3 atom stereocenters. The second-order valence-electron chi connectivity index (χ2n) is 7.97. The molecule has 0 radical (unpaired) electrons. The number of carboxylic acids is 1. The summed E-state index contributed by atoms with van der Waals surface area (Å²) in [5.41, 5.74) is -0.851. The third-order valence-electron chi connectivity index (χ3n) is 6.07. The standard InChI is InChI=1S/C17H29NO5S/c1-13(10-23-15-6-2-3-7-15)11-24(21,22)18-9-14-5-4-8-17(14,12-18)16(19)20/h13-15H,2-12H2,1H3,(H,19,20)/t13?,14-,17+/m0/s1. The largest absolute Gasteiger partial charge is 0.481 e. The smallest absolute Gasteiger partial charge is 0.311 e. The summed E-state index contributed by atoms with van der Waals surface area (Å²) in [6.45, 7) is 2.87. The third-order valence-corrected chi connectivity index (χ3v) is 8.13. The summed E-state index contributed by atoms with van der Waals surface area (Å²) in [5.74, 6) is -0.894. The monoisotopic (exact) mass is 359 g/mol. The summed E-state index contributed by atoms with van der Waals surface area (Å²) in [6, 6.07) is 0. The molecule has 0 spiro atoms. The Kier molecular flexibility index (Phi) is 5.23. The Morgan fingerprint density at radius 2 is 2.00 bits per heavy atom. The molecular formula is C17H29NO5S. The molecule has 2 saturated carbocycles. The summed E-state index contributed by atoms with van der Waals surface area (Å²) in [5, 5.41) is 9.60. The lowest BCUT2D eigenvalue weighted by Crippen LogP contribution is -2.39. The highest BCUT2D eigenvalue weighted by molar-refractivity contribution is 7.89. The lowest BCUT2D eigenvalue weighted by molar-refractivity contribution is -0.149. The van der Waals surface area contributed by atoms with E-state index < -0.39 is 21.4 Å². The SMILES string of the molecule is CC(COC1CCCC1)CS(=O)(=O)N1C[C@@H]2CCC[C@@]2(C(=O)O)C1. The molecule has 6 nitrogen and oxygen atoms in total. The molecule has 0 aromatic rings. The Morgan fingerprint density at radius 1 is 1.29 bits per heavy atom. The molecule has 1 aliphatic heterocycles. The van der Waals surface area contributed by atoms with Gasteiger partial charge in [0.2, 0.25) is 10.0 Å². The van der Waals surface area contributed by atoms with Crippen LogP contribution in [0.3, 0.4) is 0 Å². The van der Waals surface area contributed by atoms with Gasteiger partial charge < -0.3 is 9.84 Å². The van der Waals surface area contributed by atoms with E-state index in [0.29, 0.717) is 19.6 Å². The first-order valence-electron chi connectivity index (χ1n) is 9.16. The molecule has 0 bridgehead atoms. The zero-order chi connectivity index (χ0) is 17.4. The van der Waals surface area contributed by atoms with Crippen molar-refractivity contribution in [3.63, 3.8) is 0 Å². The molecule has 7 heteroatoms. The van der Waals surface area contributed by atoms with E-state index in [1.807, 2.05) is 6.92 Å². The van der Waals surface area contributed by atoms with E-state index in [0.717, 1.165) is 25.7 Å². The number of nitrogens with zero attached hydrogens (tertiary/aromatic N) is 1. The summed E-state index contributed by atoms with van der Waals surface area (Å²) >= 11 is 0. The molecule has 1 saturated heterocycles. The van der Waals surface area contributed by atoms with E-state index >= 15 is 0 Å². The quantitative estimate of drug-likeness (QED) is 0.752. The number of carbonyl (C=O) groups is 1. The Morgan fingerprint density at radius 3 is 2.62 bits per heavy atom. The van der Waals surface area contributed by atoms with Crippen molar-refractivity contribution in [2.24, 2.45) is 17.3 Å². The van der Waals surface area contributed by atoms with Gasteiger partial charge in [0, 0.05) is 13.1 Å². The average molecular weight is 359 g/mol. The van der Waals surface area contributed by atoms with Crippen molar-refractivity contribution in [3.05, 3.63) is 0 Å². The van der Waals surface area contributed by atoms with Gasteiger partial charge >= 0.3 is 5.97 Å². The van der Waals surface area contributed by atoms with Crippen molar-refractivity contribution in [2.75, 3.05) is 25.4 Å². The van der Waals surface area contributed by atoms with E-state index in [1.54, 1.807) is 0 Å². The zero-order valence-electron chi connectivity index (χ0n) is 14.4. The van der Waals surface area contributed by atoms with Crippen LogP contribution in [0.4, 0.5) is 0 Å². The predicted octanol–water partition coefficient (Wildman–Crippen LogP) is 2.10. The van der Waals surface area contributed by atoms with Crippen LogP contribution in [0.15, 0.2) is 0 Å². The molecule has 0 aromatic heterocycles. The topological polar surface area (TPSA) is 83.9 Å². The first-order valence-corrected chi connectivity index (χ1v) is 10.8. The minimum absolute atomic E-state index is 0.0326. The summed E-state index contributed by atoms with van der Waals surface area (Å²) in [7, 11) is -3.43. The summed E-state index contributed by atoms with van der Waals surface area (Å²) in [6.07, 6.45) is 7.14. The highest BCUT2D eigenvalue weighted by atomic mass is 32.2.